The highest BCUT2D eigenvalue weighted by molar-refractivity contribution is 5.92. The van der Waals surface area contributed by atoms with E-state index < -0.39 is 5.60 Å². The number of amides is 1. The Bertz CT molecular complexity index is 1330. The number of anilines is 2. The second-order valence-electron chi connectivity index (χ2n) is 8.28. The van der Waals surface area contributed by atoms with Gasteiger partial charge in [-0.3, -0.25) is 4.79 Å². The number of aliphatic hydroxyl groups is 1. The first-order valence-corrected chi connectivity index (χ1v) is 10.6. The molecular formula is C24H26N6O4. The maximum Gasteiger partial charge on any atom is 0.270 e. The molecule has 1 amide bonds. The van der Waals surface area contributed by atoms with E-state index in [1.54, 1.807) is 57.0 Å². The number of nitrogens with one attached hydrogen (secondary N) is 2. The number of aromatic nitrogens is 4. The lowest BCUT2D eigenvalue weighted by molar-refractivity contribution is 0.0692. The fraction of sp³-hybridized carbons (Fsp3) is 0.250. The van der Waals surface area contributed by atoms with Gasteiger partial charge in [0.1, 0.15) is 11.5 Å². The number of nitrogens with zero attached hydrogens (tertiary/aromatic N) is 4. The van der Waals surface area contributed by atoms with Crippen LogP contribution in [0.15, 0.2) is 54.9 Å². The number of ether oxygens (including phenoxy) is 2. The van der Waals surface area contributed by atoms with Crippen molar-refractivity contribution < 1.29 is 19.4 Å². The summed E-state index contributed by atoms with van der Waals surface area (Å²) in [7, 11) is 3.12. The second-order valence-corrected chi connectivity index (χ2v) is 8.28. The zero-order valence-corrected chi connectivity index (χ0v) is 19.4. The van der Waals surface area contributed by atoms with Gasteiger partial charge in [0.25, 0.3) is 11.8 Å². The highest BCUT2D eigenvalue weighted by atomic mass is 16.5. The van der Waals surface area contributed by atoms with Crippen molar-refractivity contribution in [2.45, 2.75) is 19.4 Å². The predicted molar refractivity (Wildman–Crippen MR) is 128 cm³/mol. The van der Waals surface area contributed by atoms with Gasteiger partial charge in [0, 0.05) is 30.6 Å². The molecule has 4 aromatic rings. The van der Waals surface area contributed by atoms with Crippen LogP contribution in [-0.2, 0) is 0 Å². The van der Waals surface area contributed by atoms with Crippen LogP contribution >= 0.6 is 0 Å². The molecular weight excluding hydrogens is 436 g/mol. The van der Waals surface area contributed by atoms with Crippen molar-refractivity contribution in [1.29, 1.82) is 0 Å². The van der Waals surface area contributed by atoms with Crippen LogP contribution in [0.25, 0.3) is 16.6 Å². The molecule has 0 fully saturated rings. The maximum absolute atomic E-state index is 12.3. The van der Waals surface area contributed by atoms with Crippen molar-refractivity contribution in [3.8, 4) is 22.8 Å². The van der Waals surface area contributed by atoms with Crippen LogP contribution in [0.5, 0.6) is 11.6 Å². The molecule has 176 valence electrons. The summed E-state index contributed by atoms with van der Waals surface area (Å²) in [5, 5.41) is 20.1. The fourth-order valence-electron chi connectivity index (χ4n) is 3.27. The Morgan fingerprint density at radius 3 is 2.65 bits per heavy atom. The Kier molecular flexibility index (Phi) is 6.33. The van der Waals surface area contributed by atoms with Gasteiger partial charge in [0.15, 0.2) is 11.6 Å². The molecule has 3 N–H and O–H groups in total. The lowest BCUT2D eigenvalue weighted by Gasteiger charge is -2.17. The minimum Gasteiger partial charge on any atom is -0.491 e. The molecule has 4 aromatic heterocycles. The zero-order valence-electron chi connectivity index (χ0n) is 19.4. The van der Waals surface area contributed by atoms with E-state index in [2.05, 4.69) is 25.7 Å². The normalized spacial score (nSPS) is 11.3. The summed E-state index contributed by atoms with van der Waals surface area (Å²) in [5.41, 5.74) is 1.90. The van der Waals surface area contributed by atoms with Crippen LogP contribution in [0.3, 0.4) is 0 Å². The third-order valence-corrected chi connectivity index (χ3v) is 4.95. The van der Waals surface area contributed by atoms with E-state index in [0.29, 0.717) is 23.3 Å². The van der Waals surface area contributed by atoms with Crippen molar-refractivity contribution in [2.24, 2.45) is 0 Å². The molecule has 0 spiro atoms. The Hall–Kier alpha value is -4.18. The highest BCUT2D eigenvalue weighted by Crippen LogP contribution is 2.30. The van der Waals surface area contributed by atoms with Gasteiger partial charge in [-0.25, -0.2) is 14.5 Å². The molecule has 34 heavy (non-hydrogen) atoms. The van der Waals surface area contributed by atoms with Gasteiger partial charge in [-0.15, -0.1) is 0 Å². The summed E-state index contributed by atoms with van der Waals surface area (Å²) >= 11 is 0. The molecule has 0 aliphatic heterocycles. The van der Waals surface area contributed by atoms with Crippen molar-refractivity contribution in [3.05, 3.63) is 60.6 Å². The molecule has 0 aromatic carbocycles. The number of hydrogen-bond donors (Lipinski definition) is 3. The third kappa shape index (κ3) is 5.24. The molecule has 10 heteroatoms. The standard InChI is InChI=1S/C24H26N6O4/c1-24(2,32)14-26-22(31)18-6-5-7-20(27-18)28-21-12-17-10-15(8-9-30(17)29-21)16-11-19(33-3)23(34-4)25-13-16/h5-13,32H,14H2,1-4H3,(H,26,31)(H,27,28,29). The lowest BCUT2D eigenvalue weighted by atomic mass is 10.1. The first kappa shape index (κ1) is 23.0. The van der Waals surface area contributed by atoms with Gasteiger partial charge < -0.3 is 25.2 Å². The quantitative estimate of drug-likeness (QED) is 0.365. The lowest BCUT2D eigenvalue weighted by Crippen LogP contribution is -2.38. The highest BCUT2D eigenvalue weighted by Gasteiger charge is 2.16. The summed E-state index contributed by atoms with van der Waals surface area (Å²) in [6.45, 7) is 3.36. The van der Waals surface area contributed by atoms with E-state index in [0.717, 1.165) is 16.6 Å². The summed E-state index contributed by atoms with van der Waals surface area (Å²) < 4.78 is 12.3. The van der Waals surface area contributed by atoms with Gasteiger partial charge in [-0.05, 0) is 49.7 Å². The number of carbonyl (C=O) groups is 1. The minimum absolute atomic E-state index is 0.121. The Labute approximate surface area is 196 Å². The molecule has 0 bridgehead atoms. The fourth-order valence-corrected chi connectivity index (χ4v) is 3.27. The van der Waals surface area contributed by atoms with E-state index in [9.17, 15) is 9.90 Å². The number of methoxy groups -OCH3 is 2. The number of hydrogen-bond acceptors (Lipinski definition) is 8. The van der Waals surface area contributed by atoms with Crippen LogP contribution in [0, 0.1) is 0 Å². The van der Waals surface area contributed by atoms with Gasteiger partial charge in [0.2, 0.25) is 0 Å². The molecule has 4 rings (SSSR count). The van der Waals surface area contributed by atoms with E-state index >= 15 is 0 Å². The topological polar surface area (TPSA) is 123 Å². The predicted octanol–water partition coefficient (Wildman–Crippen LogP) is 3.05. The molecule has 0 saturated heterocycles. The molecule has 4 heterocycles. The Morgan fingerprint density at radius 1 is 1.09 bits per heavy atom. The third-order valence-electron chi connectivity index (χ3n) is 4.95. The Balaban J connectivity index is 1.54. The summed E-state index contributed by atoms with van der Waals surface area (Å²) in [6.07, 6.45) is 3.57. The second kappa shape index (κ2) is 9.36. The minimum atomic E-state index is -1.01. The number of pyridine rings is 3. The van der Waals surface area contributed by atoms with E-state index in [1.807, 2.05) is 30.5 Å². The van der Waals surface area contributed by atoms with Gasteiger partial charge in [-0.2, -0.15) is 5.10 Å². The average Bonchev–Trinajstić information content (AvgIpc) is 3.23. The molecule has 0 aliphatic rings. The first-order chi connectivity index (χ1) is 16.3. The monoisotopic (exact) mass is 462 g/mol. The maximum atomic E-state index is 12.3. The van der Waals surface area contributed by atoms with Gasteiger partial charge >= 0.3 is 0 Å². The molecule has 0 aliphatic carbocycles. The van der Waals surface area contributed by atoms with Crippen LogP contribution in [-0.4, -0.2) is 57.0 Å². The van der Waals surface area contributed by atoms with Crippen LogP contribution in [0.2, 0.25) is 0 Å². The van der Waals surface area contributed by atoms with Crippen molar-refractivity contribution in [2.75, 3.05) is 26.1 Å². The summed E-state index contributed by atoms with van der Waals surface area (Å²) in [4.78, 5) is 21.0. The number of fused-ring (bicyclic) bond motifs is 1. The van der Waals surface area contributed by atoms with E-state index in [-0.39, 0.29) is 18.1 Å². The van der Waals surface area contributed by atoms with Crippen LogP contribution < -0.4 is 20.1 Å². The zero-order chi connectivity index (χ0) is 24.3. The van der Waals surface area contributed by atoms with E-state index in [1.165, 1.54) is 0 Å². The first-order valence-electron chi connectivity index (χ1n) is 10.6. The van der Waals surface area contributed by atoms with Crippen molar-refractivity contribution in [1.82, 2.24) is 24.9 Å². The molecule has 0 radical (unpaired) electrons. The van der Waals surface area contributed by atoms with E-state index in [4.69, 9.17) is 9.47 Å². The van der Waals surface area contributed by atoms with Crippen LogP contribution in [0.1, 0.15) is 24.3 Å². The van der Waals surface area contributed by atoms with Crippen molar-refractivity contribution >= 4 is 23.1 Å². The molecule has 0 atom stereocenters. The molecule has 0 unspecified atom stereocenters. The average molecular weight is 463 g/mol. The summed E-state index contributed by atoms with van der Waals surface area (Å²) in [6, 6.07) is 12.7. The molecule has 0 saturated carbocycles. The van der Waals surface area contributed by atoms with Gasteiger partial charge in [0.05, 0.1) is 25.3 Å². The summed E-state index contributed by atoms with van der Waals surface area (Å²) in [5.74, 6) is 1.65. The number of carbonyl (C=O) groups excluding carboxylic acids is 1. The van der Waals surface area contributed by atoms with Crippen molar-refractivity contribution in [3.63, 3.8) is 0 Å². The largest absolute Gasteiger partial charge is 0.491 e. The number of rotatable bonds is 8. The SMILES string of the molecule is COc1cc(-c2ccn3nc(Nc4cccc(C(=O)NCC(C)(C)O)n4)cc3c2)cnc1OC. The van der Waals surface area contributed by atoms with Crippen LogP contribution in [0.4, 0.5) is 11.6 Å². The Morgan fingerprint density at radius 2 is 1.91 bits per heavy atom. The van der Waals surface area contributed by atoms with Gasteiger partial charge in [-0.1, -0.05) is 6.07 Å². The molecule has 10 nitrogen and oxygen atoms in total. The smallest absolute Gasteiger partial charge is 0.270 e.